The molecule has 0 saturated heterocycles. The normalized spacial score (nSPS) is 11.7. The van der Waals surface area contributed by atoms with Crippen molar-refractivity contribution in [3.63, 3.8) is 0 Å². The highest BCUT2D eigenvalue weighted by molar-refractivity contribution is 5.72. The topological polar surface area (TPSA) is 47.6 Å². The number of carbonyl (C=O) groups is 1. The van der Waals surface area contributed by atoms with Gasteiger partial charge in [0, 0.05) is 18.3 Å². The molecule has 0 bridgehead atoms. The quantitative estimate of drug-likeness (QED) is 0.771. The Morgan fingerprint density at radius 2 is 2.24 bits per heavy atom. The summed E-state index contributed by atoms with van der Waals surface area (Å²) in [6.45, 7) is 4.95. The molecule has 0 fully saturated rings. The molecule has 1 atom stereocenters. The van der Waals surface area contributed by atoms with Crippen molar-refractivity contribution in [2.75, 3.05) is 25.6 Å². The minimum absolute atomic E-state index is 0.171. The maximum absolute atomic E-state index is 11.2. The Balaban J connectivity index is 2.51. The Bertz CT molecular complexity index is 365. The van der Waals surface area contributed by atoms with E-state index in [2.05, 4.69) is 10.1 Å². The Morgan fingerprint density at radius 3 is 2.88 bits per heavy atom. The van der Waals surface area contributed by atoms with E-state index in [0.29, 0.717) is 13.2 Å². The molecular formula is C13H19NO3. The zero-order valence-corrected chi connectivity index (χ0v) is 10.5. The molecule has 0 saturated carbocycles. The molecule has 0 radical (unpaired) electrons. The third kappa shape index (κ3) is 4.34. The van der Waals surface area contributed by atoms with Crippen LogP contribution in [-0.4, -0.2) is 26.2 Å². The van der Waals surface area contributed by atoms with Crippen molar-refractivity contribution in [3.8, 4) is 5.75 Å². The van der Waals surface area contributed by atoms with Gasteiger partial charge in [-0.15, -0.1) is 0 Å². The molecule has 1 aromatic rings. The van der Waals surface area contributed by atoms with Crippen LogP contribution in [0.2, 0.25) is 0 Å². The van der Waals surface area contributed by atoms with Crippen molar-refractivity contribution in [1.82, 2.24) is 0 Å². The first kappa shape index (κ1) is 13.4. The first-order valence-electron chi connectivity index (χ1n) is 5.72. The summed E-state index contributed by atoms with van der Waals surface area (Å²) in [5, 5.41) is 3.18. The zero-order valence-electron chi connectivity index (χ0n) is 10.5. The van der Waals surface area contributed by atoms with Crippen LogP contribution < -0.4 is 10.1 Å². The summed E-state index contributed by atoms with van der Waals surface area (Å²) < 4.78 is 10.0. The summed E-state index contributed by atoms with van der Waals surface area (Å²) in [6.07, 6.45) is 0. The number of ether oxygens (including phenoxy) is 2. The number of methoxy groups -OCH3 is 1. The van der Waals surface area contributed by atoms with Crippen LogP contribution >= 0.6 is 0 Å². The van der Waals surface area contributed by atoms with Crippen LogP contribution in [0.15, 0.2) is 24.3 Å². The number of hydrogen-bond donors (Lipinski definition) is 1. The van der Waals surface area contributed by atoms with Crippen LogP contribution in [0.3, 0.4) is 0 Å². The van der Waals surface area contributed by atoms with Crippen LogP contribution in [-0.2, 0) is 9.53 Å². The molecular weight excluding hydrogens is 218 g/mol. The van der Waals surface area contributed by atoms with Gasteiger partial charge in [0.25, 0.3) is 0 Å². The van der Waals surface area contributed by atoms with E-state index in [1.807, 2.05) is 38.1 Å². The van der Waals surface area contributed by atoms with Crippen LogP contribution in [0.5, 0.6) is 5.75 Å². The predicted octanol–water partition coefficient (Wildman–Crippen LogP) is 2.31. The number of benzene rings is 1. The van der Waals surface area contributed by atoms with Gasteiger partial charge in [-0.1, -0.05) is 13.0 Å². The molecule has 17 heavy (non-hydrogen) atoms. The maximum atomic E-state index is 11.2. The maximum Gasteiger partial charge on any atom is 0.310 e. The lowest BCUT2D eigenvalue weighted by molar-refractivity contribution is -0.144. The second-order valence-corrected chi connectivity index (χ2v) is 3.77. The van der Waals surface area contributed by atoms with Crippen LogP contribution in [0.25, 0.3) is 0 Å². The average Bonchev–Trinajstić information content (AvgIpc) is 2.36. The minimum Gasteiger partial charge on any atom is -0.494 e. The van der Waals surface area contributed by atoms with E-state index in [0.717, 1.165) is 11.4 Å². The minimum atomic E-state index is -0.210. The van der Waals surface area contributed by atoms with E-state index >= 15 is 0 Å². The molecule has 4 nitrogen and oxygen atoms in total. The van der Waals surface area contributed by atoms with E-state index in [-0.39, 0.29) is 11.9 Å². The summed E-state index contributed by atoms with van der Waals surface area (Å²) in [5.74, 6) is 0.442. The van der Waals surface area contributed by atoms with Crippen molar-refractivity contribution < 1.29 is 14.3 Å². The molecule has 1 aromatic carbocycles. The predicted molar refractivity (Wildman–Crippen MR) is 67.3 cm³/mol. The molecule has 0 aromatic heterocycles. The van der Waals surface area contributed by atoms with E-state index in [1.165, 1.54) is 7.11 Å². The van der Waals surface area contributed by atoms with Gasteiger partial charge < -0.3 is 14.8 Å². The lowest BCUT2D eigenvalue weighted by Gasteiger charge is -2.12. The number of nitrogens with one attached hydrogen (secondary N) is 1. The summed E-state index contributed by atoms with van der Waals surface area (Å²) >= 11 is 0. The molecule has 0 aliphatic carbocycles. The molecule has 1 rings (SSSR count). The lowest BCUT2D eigenvalue weighted by atomic mass is 10.2. The second-order valence-electron chi connectivity index (χ2n) is 3.77. The standard InChI is InChI=1S/C13H19NO3/c1-4-17-12-7-5-6-11(8-12)14-9-10(2)13(15)16-3/h5-8,10,14H,4,9H2,1-3H3. The number of anilines is 1. The van der Waals surface area contributed by atoms with E-state index < -0.39 is 0 Å². The van der Waals surface area contributed by atoms with Gasteiger partial charge in [0.15, 0.2) is 0 Å². The van der Waals surface area contributed by atoms with Crippen LogP contribution in [0.4, 0.5) is 5.69 Å². The SMILES string of the molecule is CCOc1cccc(NCC(C)C(=O)OC)c1. The highest BCUT2D eigenvalue weighted by Crippen LogP contribution is 2.17. The average molecular weight is 237 g/mol. The van der Waals surface area contributed by atoms with E-state index in [9.17, 15) is 4.79 Å². The lowest BCUT2D eigenvalue weighted by Crippen LogP contribution is -2.21. The molecule has 0 aliphatic heterocycles. The second kappa shape index (κ2) is 6.78. The third-order valence-electron chi connectivity index (χ3n) is 2.36. The largest absolute Gasteiger partial charge is 0.494 e. The Hall–Kier alpha value is -1.71. The summed E-state index contributed by atoms with van der Waals surface area (Å²) in [6, 6.07) is 7.66. The fourth-order valence-electron chi connectivity index (χ4n) is 1.42. The van der Waals surface area contributed by atoms with Gasteiger partial charge in [-0.25, -0.2) is 0 Å². The van der Waals surface area contributed by atoms with E-state index in [1.54, 1.807) is 0 Å². The smallest absolute Gasteiger partial charge is 0.310 e. The van der Waals surface area contributed by atoms with Gasteiger partial charge >= 0.3 is 5.97 Å². The van der Waals surface area contributed by atoms with Crippen molar-refractivity contribution >= 4 is 11.7 Å². The van der Waals surface area contributed by atoms with Gasteiger partial charge in [0.1, 0.15) is 5.75 Å². The zero-order chi connectivity index (χ0) is 12.7. The van der Waals surface area contributed by atoms with Crippen molar-refractivity contribution in [3.05, 3.63) is 24.3 Å². The molecule has 0 spiro atoms. The first-order chi connectivity index (χ1) is 8.17. The summed E-state index contributed by atoms with van der Waals surface area (Å²) in [4.78, 5) is 11.2. The molecule has 94 valence electrons. The monoisotopic (exact) mass is 237 g/mol. The first-order valence-corrected chi connectivity index (χ1v) is 5.72. The number of carbonyl (C=O) groups excluding carboxylic acids is 1. The van der Waals surface area contributed by atoms with Gasteiger partial charge in [0.05, 0.1) is 19.6 Å². The number of esters is 1. The molecule has 1 unspecified atom stereocenters. The fraction of sp³-hybridized carbons (Fsp3) is 0.462. The molecule has 0 amide bonds. The molecule has 0 aliphatic rings. The number of hydrogen-bond acceptors (Lipinski definition) is 4. The van der Waals surface area contributed by atoms with Gasteiger partial charge in [0.2, 0.25) is 0 Å². The van der Waals surface area contributed by atoms with Crippen molar-refractivity contribution in [1.29, 1.82) is 0 Å². The molecule has 0 heterocycles. The third-order valence-corrected chi connectivity index (χ3v) is 2.36. The van der Waals surface area contributed by atoms with Crippen molar-refractivity contribution in [2.45, 2.75) is 13.8 Å². The highest BCUT2D eigenvalue weighted by Gasteiger charge is 2.12. The van der Waals surface area contributed by atoms with Gasteiger partial charge in [-0.2, -0.15) is 0 Å². The molecule has 4 heteroatoms. The van der Waals surface area contributed by atoms with Crippen LogP contribution in [0, 0.1) is 5.92 Å². The molecule has 1 N–H and O–H groups in total. The van der Waals surface area contributed by atoms with Crippen molar-refractivity contribution in [2.24, 2.45) is 5.92 Å². The van der Waals surface area contributed by atoms with E-state index in [4.69, 9.17) is 4.74 Å². The van der Waals surface area contributed by atoms with Gasteiger partial charge in [-0.05, 0) is 19.1 Å². The Labute approximate surface area is 102 Å². The Morgan fingerprint density at radius 1 is 1.47 bits per heavy atom. The fourth-order valence-corrected chi connectivity index (χ4v) is 1.42. The summed E-state index contributed by atoms with van der Waals surface area (Å²) in [7, 11) is 1.40. The number of rotatable bonds is 6. The van der Waals surface area contributed by atoms with Gasteiger partial charge in [-0.3, -0.25) is 4.79 Å². The summed E-state index contributed by atoms with van der Waals surface area (Å²) in [5.41, 5.74) is 0.937. The van der Waals surface area contributed by atoms with Crippen LogP contribution in [0.1, 0.15) is 13.8 Å². The Kier molecular flexibility index (Phi) is 5.33. The highest BCUT2D eigenvalue weighted by atomic mass is 16.5.